The fourth-order valence-electron chi connectivity index (χ4n) is 2.58. The molecule has 0 spiro atoms. The van der Waals surface area contributed by atoms with Crippen molar-refractivity contribution in [3.63, 3.8) is 0 Å². The van der Waals surface area contributed by atoms with Crippen molar-refractivity contribution in [3.8, 4) is 0 Å². The smallest absolute Gasteiger partial charge is 0.223 e. The standard InChI is InChI=1S/C13H26N2O5S2/c1-5-11(2)15(21(4,17)18)8-6-13(16)14(3)12-7-9-22(19,20)10-12/h11-12H,5-10H2,1-4H3. The van der Waals surface area contributed by atoms with Gasteiger partial charge in [0.1, 0.15) is 0 Å². The maximum atomic E-state index is 12.2. The van der Waals surface area contributed by atoms with E-state index in [1.807, 2.05) is 6.92 Å². The summed E-state index contributed by atoms with van der Waals surface area (Å²) in [6, 6.07) is -0.465. The zero-order chi connectivity index (χ0) is 17.1. The van der Waals surface area contributed by atoms with Gasteiger partial charge in [-0.05, 0) is 19.8 Å². The molecule has 130 valence electrons. The Labute approximate surface area is 133 Å². The molecular weight excluding hydrogens is 328 g/mol. The Morgan fingerprint density at radius 3 is 2.36 bits per heavy atom. The summed E-state index contributed by atoms with van der Waals surface area (Å²) in [6.07, 6.45) is 2.31. The lowest BCUT2D eigenvalue weighted by Gasteiger charge is -2.28. The van der Waals surface area contributed by atoms with E-state index in [0.717, 1.165) is 6.26 Å². The van der Waals surface area contributed by atoms with Gasteiger partial charge >= 0.3 is 0 Å². The first-order valence-electron chi connectivity index (χ1n) is 7.41. The van der Waals surface area contributed by atoms with Crippen molar-refractivity contribution >= 4 is 25.8 Å². The Morgan fingerprint density at radius 1 is 1.36 bits per heavy atom. The third kappa shape index (κ3) is 5.20. The zero-order valence-corrected chi connectivity index (χ0v) is 15.3. The molecule has 0 N–H and O–H groups in total. The Kier molecular flexibility index (Phi) is 6.40. The molecule has 1 aliphatic heterocycles. The van der Waals surface area contributed by atoms with Gasteiger partial charge in [-0.3, -0.25) is 4.79 Å². The van der Waals surface area contributed by atoms with Gasteiger partial charge in [-0.15, -0.1) is 0 Å². The fraction of sp³-hybridized carbons (Fsp3) is 0.923. The molecule has 22 heavy (non-hydrogen) atoms. The monoisotopic (exact) mass is 354 g/mol. The molecule has 0 radical (unpaired) electrons. The second-order valence-corrected chi connectivity index (χ2v) is 10.1. The second kappa shape index (κ2) is 7.27. The molecule has 1 rings (SSSR count). The Bertz CT molecular complexity index is 600. The SMILES string of the molecule is CCC(C)N(CCC(=O)N(C)C1CCS(=O)(=O)C1)S(C)(=O)=O. The van der Waals surface area contributed by atoms with E-state index in [2.05, 4.69) is 0 Å². The molecule has 1 fully saturated rings. The lowest BCUT2D eigenvalue weighted by Crippen LogP contribution is -2.42. The molecule has 1 heterocycles. The molecule has 0 aliphatic carbocycles. The average Bonchev–Trinajstić information content (AvgIpc) is 2.76. The highest BCUT2D eigenvalue weighted by Crippen LogP contribution is 2.18. The zero-order valence-electron chi connectivity index (χ0n) is 13.6. The van der Waals surface area contributed by atoms with Crippen LogP contribution >= 0.6 is 0 Å². The van der Waals surface area contributed by atoms with Crippen LogP contribution < -0.4 is 0 Å². The molecule has 2 unspecified atom stereocenters. The lowest BCUT2D eigenvalue weighted by molar-refractivity contribution is -0.131. The predicted octanol–water partition coefficient (Wildman–Crippen LogP) is 0.0821. The van der Waals surface area contributed by atoms with Crippen molar-refractivity contribution in [2.45, 2.75) is 45.2 Å². The minimum Gasteiger partial charge on any atom is -0.342 e. The van der Waals surface area contributed by atoms with Crippen molar-refractivity contribution in [1.82, 2.24) is 9.21 Å². The summed E-state index contributed by atoms with van der Waals surface area (Å²) in [5.74, 6) is -0.118. The number of nitrogens with zero attached hydrogens (tertiary/aromatic N) is 2. The van der Waals surface area contributed by atoms with Crippen molar-refractivity contribution in [2.24, 2.45) is 0 Å². The quantitative estimate of drug-likeness (QED) is 0.646. The molecule has 0 saturated carbocycles. The van der Waals surface area contributed by atoms with Crippen LogP contribution in [0, 0.1) is 0 Å². The molecular formula is C13H26N2O5S2. The first kappa shape index (κ1) is 19.4. The molecule has 0 bridgehead atoms. The fourth-order valence-corrected chi connectivity index (χ4v) is 5.58. The Balaban J connectivity index is 2.64. The number of sulfone groups is 1. The normalized spacial score (nSPS) is 22.7. The number of rotatable bonds is 7. The minimum atomic E-state index is -3.37. The van der Waals surface area contributed by atoms with Gasteiger partial charge in [-0.25, -0.2) is 16.8 Å². The first-order valence-corrected chi connectivity index (χ1v) is 11.1. The highest BCUT2D eigenvalue weighted by atomic mass is 32.2. The van der Waals surface area contributed by atoms with Gasteiger partial charge in [0.25, 0.3) is 0 Å². The summed E-state index contributed by atoms with van der Waals surface area (Å²) in [5, 5.41) is 0. The summed E-state index contributed by atoms with van der Waals surface area (Å²) in [7, 11) is -4.83. The highest BCUT2D eigenvalue weighted by Gasteiger charge is 2.33. The van der Waals surface area contributed by atoms with Crippen LogP contribution in [0.1, 0.15) is 33.1 Å². The number of sulfonamides is 1. The molecule has 1 saturated heterocycles. The van der Waals surface area contributed by atoms with Crippen molar-refractivity contribution in [2.75, 3.05) is 31.4 Å². The van der Waals surface area contributed by atoms with E-state index in [-0.39, 0.29) is 42.5 Å². The van der Waals surface area contributed by atoms with Crippen molar-refractivity contribution < 1.29 is 21.6 Å². The van der Waals surface area contributed by atoms with E-state index in [0.29, 0.717) is 12.8 Å². The van der Waals surface area contributed by atoms with E-state index < -0.39 is 19.9 Å². The van der Waals surface area contributed by atoms with Crippen LogP contribution in [0.25, 0.3) is 0 Å². The Hall–Kier alpha value is -0.670. The maximum absolute atomic E-state index is 12.2. The lowest BCUT2D eigenvalue weighted by atomic mass is 10.2. The number of carbonyl (C=O) groups excluding carboxylic acids is 1. The summed E-state index contributed by atoms with van der Waals surface area (Å²) >= 11 is 0. The Morgan fingerprint density at radius 2 is 1.95 bits per heavy atom. The molecule has 2 atom stereocenters. The van der Waals surface area contributed by atoms with Gasteiger partial charge in [0.05, 0.1) is 17.8 Å². The van der Waals surface area contributed by atoms with Crippen LogP contribution in [0.2, 0.25) is 0 Å². The van der Waals surface area contributed by atoms with Gasteiger partial charge < -0.3 is 4.90 Å². The van der Waals surface area contributed by atoms with Crippen LogP contribution in [0.3, 0.4) is 0 Å². The van der Waals surface area contributed by atoms with E-state index in [4.69, 9.17) is 0 Å². The molecule has 0 aromatic rings. The summed E-state index contributed by atoms with van der Waals surface area (Å²) in [6.45, 7) is 3.81. The molecule has 1 aliphatic rings. The third-order valence-corrected chi connectivity index (χ3v) is 7.35. The topological polar surface area (TPSA) is 91.8 Å². The molecule has 1 amide bonds. The van der Waals surface area contributed by atoms with Crippen LogP contribution in [0.15, 0.2) is 0 Å². The van der Waals surface area contributed by atoms with E-state index >= 15 is 0 Å². The van der Waals surface area contributed by atoms with Crippen LogP contribution in [-0.2, 0) is 24.7 Å². The van der Waals surface area contributed by atoms with E-state index in [9.17, 15) is 21.6 Å². The number of carbonyl (C=O) groups is 1. The number of amides is 1. The van der Waals surface area contributed by atoms with Crippen molar-refractivity contribution in [1.29, 1.82) is 0 Å². The van der Waals surface area contributed by atoms with E-state index in [1.165, 1.54) is 9.21 Å². The molecule has 7 nitrogen and oxygen atoms in total. The van der Waals surface area contributed by atoms with Gasteiger partial charge in [0.15, 0.2) is 9.84 Å². The highest BCUT2D eigenvalue weighted by molar-refractivity contribution is 7.91. The third-order valence-electron chi connectivity index (χ3n) is 4.20. The molecule has 0 aromatic heterocycles. The minimum absolute atomic E-state index is 0.00358. The summed E-state index contributed by atoms with van der Waals surface area (Å²) in [5.41, 5.74) is 0. The largest absolute Gasteiger partial charge is 0.342 e. The maximum Gasteiger partial charge on any atom is 0.223 e. The number of hydrogen-bond donors (Lipinski definition) is 0. The molecule has 0 aromatic carbocycles. The first-order chi connectivity index (χ1) is 9.98. The van der Waals surface area contributed by atoms with Crippen LogP contribution in [0.4, 0.5) is 0 Å². The van der Waals surface area contributed by atoms with Crippen LogP contribution in [-0.4, -0.2) is 75.4 Å². The second-order valence-electron chi connectivity index (χ2n) is 5.94. The molecule has 9 heteroatoms. The van der Waals surface area contributed by atoms with Crippen molar-refractivity contribution in [3.05, 3.63) is 0 Å². The number of hydrogen-bond acceptors (Lipinski definition) is 5. The van der Waals surface area contributed by atoms with Gasteiger partial charge in [0.2, 0.25) is 15.9 Å². The van der Waals surface area contributed by atoms with Crippen LogP contribution in [0.5, 0.6) is 0 Å². The predicted molar refractivity (Wildman–Crippen MR) is 85.7 cm³/mol. The van der Waals surface area contributed by atoms with Gasteiger partial charge in [-0.1, -0.05) is 6.92 Å². The average molecular weight is 354 g/mol. The summed E-state index contributed by atoms with van der Waals surface area (Å²) in [4.78, 5) is 13.6. The van der Waals surface area contributed by atoms with Gasteiger partial charge in [-0.2, -0.15) is 4.31 Å². The van der Waals surface area contributed by atoms with E-state index in [1.54, 1.807) is 14.0 Å². The van der Waals surface area contributed by atoms with Gasteiger partial charge in [0, 0.05) is 32.1 Å². The summed E-state index contributed by atoms with van der Waals surface area (Å²) < 4.78 is 47.8.